The van der Waals surface area contributed by atoms with Crippen LogP contribution >= 0.6 is 0 Å². The van der Waals surface area contributed by atoms with E-state index in [9.17, 15) is 14.7 Å². The molecule has 0 radical (unpaired) electrons. The number of para-hydroxylation sites is 1. The second-order valence-electron chi connectivity index (χ2n) is 7.27. The number of imide groups is 1. The normalized spacial score (nSPS) is 14.2. The summed E-state index contributed by atoms with van der Waals surface area (Å²) in [6.07, 6.45) is 5.93. The number of benzene rings is 2. The molecule has 5 rings (SSSR count). The first-order valence-corrected chi connectivity index (χ1v) is 9.81. The number of nitrogens with zero attached hydrogens (tertiary/aromatic N) is 2. The van der Waals surface area contributed by atoms with E-state index >= 15 is 0 Å². The van der Waals surface area contributed by atoms with Gasteiger partial charge in [-0.25, -0.2) is 0 Å². The van der Waals surface area contributed by atoms with E-state index in [1.54, 1.807) is 12.4 Å². The molecule has 0 bridgehead atoms. The first-order chi connectivity index (χ1) is 14.7. The Labute approximate surface area is 172 Å². The van der Waals surface area contributed by atoms with Crippen LogP contribution in [-0.4, -0.2) is 33.1 Å². The van der Waals surface area contributed by atoms with Crippen molar-refractivity contribution in [2.24, 2.45) is 0 Å². The van der Waals surface area contributed by atoms with Crippen molar-refractivity contribution < 1.29 is 14.7 Å². The summed E-state index contributed by atoms with van der Waals surface area (Å²) >= 11 is 0. The van der Waals surface area contributed by atoms with Gasteiger partial charge in [-0.15, -0.1) is 0 Å². The summed E-state index contributed by atoms with van der Waals surface area (Å²) < 4.78 is 2.02. The lowest BCUT2D eigenvalue weighted by Crippen LogP contribution is -2.22. The molecule has 1 aliphatic heterocycles. The fraction of sp³-hybridized carbons (Fsp3) is 0.125. The van der Waals surface area contributed by atoms with Gasteiger partial charge in [0.2, 0.25) is 0 Å². The number of aryl methyl sites for hydroxylation is 1. The first kappa shape index (κ1) is 18.3. The molecule has 0 atom stereocenters. The second-order valence-corrected chi connectivity index (χ2v) is 7.27. The maximum Gasteiger partial charge on any atom is 0.259 e. The average Bonchev–Trinajstić information content (AvgIpc) is 3.27. The number of aromatic nitrogens is 2. The van der Waals surface area contributed by atoms with Gasteiger partial charge in [-0.05, 0) is 29.5 Å². The first-order valence-electron chi connectivity index (χ1n) is 9.81. The molecule has 6 heteroatoms. The van der Waals surface area contributed by atoms with Crippen molar-refractivity contribution in [2.75, 3.05) is 6.61 Å². The summed E-state index contributed by atoms with van der Waals surface area (Å²) in [5.74, 6) is -0.794. The molecule has 2 aromatic heterocycles. The number of pyridine rings is 1. The van der Waals surface area contributed by atoms with Gasteiger partial charge in [0, 0.05) is 53.6 Å². The van der Waals surface area contributed by atoms with Crippen LogP contribution in [-0.2, 0) is 16.1 Å². The molecule has 2 amide bonds. The Hall–Kier alpha value is -3.77. The second kappa shape index (κ2) is 7.24. The van der Waals surface area contributed by atoms with E-state index in [4.69, 9.17) is 0 Å². The molecule has 0 saturated heterocycles. The number of rotatable bonds is 5. The van der Waals surface area contributed by atoms with Gasteiger partial charge in [0.1, 0.15) is 0 Å². The SMILES string of the molecule is O=C1NC(=O)C(c2cn(CCCO)c3ccccc23)=C1c1cccc2cnccc12. The van der Waals surface area contributed by atoms with Crippen LogP contribution in [0, 0.1) is 0 Å². The Morgan fingerprint density at radius 2 is 1.70 bits per heavy atom. The third-order valence-corrected chi connectivity index (χ3v) is 5.50. The molecule has 1 aliphatic rings. The highest BCUT2D eigenvalue weighted by Gasteiger charge is 2.34. The summed E-state index contributed by atoms with van der Waals surface area (Å²) in [6, 6.07) is 15.3. The zero-order chi connectivity index (χ0) is 20.7. The van der Waals surface area contributed by atoms with Crippen molar-refractivity contribution in [1.29, 1.82) is 0 Å². The number of carbonyl (C=O) groups is 2. The average molecular weight is 397 g/mol. The maximum atomic E-state index is 12.9. The number of aliphatic hydroxyl groups is 1. The van der Waals surface area contributed by atoms with Crippen LogP contribution in [0.2, 0.25) is 0 Å². The van der Waals surface area contributed by atoms with Crippen LogP contribution in [0.1, 0.15) is 17.5 Å². The van der Waals surface area contributed by atoms with E-state index < -0.39 is 11.8 Å². The molecule has 3 heterocycles. The number of aliphatic hydroxyl groups excluding tert-OH is 1. The Balaban J connectivity index is 1.81. The van der Waals surface area contributed by atoms with Crippen LogP contribution in [0.3, 0.4) is 0 Å². The van der Waals surface area contributed by atoms with Crippen LogP contribution in [0.15, 0.2) is 67.1 Å². The zero-order valence-corrected chi connectivity index (χ0v) is 16.1. The molecule has 0 spiro atoms. The predicted molar refractivity (Wildman–Crippen MR) is 115 cm³/mol. The minimum Gasteiger partial charge on any atom is -0.396 e. The molecular formula is C24H19N3O3. The Kier molecular flexibility index (Phi) is 4.41. The van der Waals surface area contributed by atoms with Crippen LogP contribution in [0.4, 0.5) is 0 Å². The van der Waals surface area contributed by atoms with E-state index in [0.717, 1.165) is 21.7 Å². The van der Waals surface area contributed by atoms with Gasteiger partial charge in [-0.1, -0.05) is 36.4 Å². The van der Waals surface area contributed by atoms with Gasteiger partial charge in [0.05, 0.1) is 11.1 Å². The standard InChI is InChI=1S/C24H19N3O3/c28-12-4-11-27-14-19(17-6-1-2-8-20(17)27)22-21(23(29)26-24(22)30)18-7-3-5-15-13-25-10-9-16(15)18/h1-3,5-10,13-14,28H,4,11-12H2,(H,26,29,30). The molecule has 0 aliphatic carbocycles. The monoisotopic (exact) mass is 397 g/mol. The topological polar surface area (TPSA) is 84.2 Å². The van der Waals surface area contributed by atoms with Gasteiger partial charge in [-0.2, -0.15) is 0 Å². The number of fused-ring (bicyclic) bond motifs is 2. The van der Waals surface area contributed by atoms with E-state index in [2.05, 4.69) is 10.3 Å². The Morgan fingerprint density at radius 3 is 2.53 bits per heavy atom. The summed E-state index contributed by atoms with van der Waals surface area (Å²) in [5, 5.41) is 14.4. The lowest BCUT2D eigenvalue weighted by molar-refractivity contribution is -0.122. The van der Waals surface area contributed by atoms with Crippen molar-refractivity contribution in [3.05, 3.63) is 78.2 Å². The Bertz CT molecular complexity index is 1350. The highest BCUT2D eigenvalue weighted by atomic mass is 16.3. The minimum atomic E-state index is -0.397. The molecule has 0 fully saturated rings. The van der Waals surface area contributed by atoms with Gasteiger partial charge in [0.25, 0.3) is 11.8 Å². The number of carbonyl (C=O) groups excluding carboxylic acids is 2. The summed E-state index contributed by atoms with van der Waals surface area (Å²) in [6.45, 7) is 0.702. The van der Waals surface area contributed by atoms with Crippen molar-refractivity contribution >= 4 is 44.6 Å². The van der Waals surface area contributed by atoms with Gasteiger partial charge in [0.15, 0.2) is 0 Å². The Morgan fingerprint density at radius 1 is 0.900 bits per heavy atom. The maximum absolute atomic E-state index is 12.9. The number of amides is 2. The minimum absolute atomic E-state index is 0.0821. The lowest BCUT2D eigenvalue weighted by Gasteiger charge is -2.08. The van der Waals surface area contributed by atoms with Crippen LogP contribution < -0.4 is 5.32 Å². The summed E-state index contributed by atoms with van der Waals surface area (Å²) in [7, 11) is 0. The van der Waals surface area contributed by atoms with Crippen LogP contribution in [0.5, 0.6) is 0 Å². The van der Waals surface area contributed by atoms with Crippen LogP contribution in [0.25, 0.3) is 32.8 Å². The molecular weight excluding hydrogens is 378 g/mol. The molecule has 30 heavy (non-hydrogen) atoms. The molecule has 0 unspecified atom stereocenters. The van der Waals surface area contributed by atoms with Crippen molar-refractivity contribution in [3.8, 4) is 0 Å². The van der Waals surface area contributed by atoms with E-state index in [1.165, 1.54) is 0 Å². The highest BCUT2D eigenvalue weighted by molar-refractivity contribution is 6.50. The largest absolute Gasteiger partial charge is 0.396 e. The van der Waals surface area contributed by atoms with E-state index in [0.29, 0.717) is 35.2 Å². The molecule has 6 nitrogen and oxygen atoms in total. The predicted octanol–water partition coefficient (Wildman–Crippen LogP) is 3.14. The zero-order valence-electron chi connectivity index (χ0n) is 16.1. The van der Waals surface area contributed by atoms with E-state index in [1.807, 2.05) is 59.3 Å². The van der Waals surface area contributed by atoms with E-state index in [-0.39, 0.29) is 6.61 Å². The molecule has 2 aromatic carbocycles. The van der Waals surface area contributed by atoms with Gasteiger partial charge < -0.3 is 9.67 Å². The molecule has 148 valence electrons. The summed E-state index contributed by atoms with van der Waals surface area (Å²) in [4.78, 5) is 30.0. The fourth-order valence-electron chi connectivity index (χ4n) is 4.18. The van der Waals surface area contributed by atoms with Crippen molar-refractivity contribution in [1.82, 2.24) is 14.9 Å². The molecule has 0 saturated carbocycles. The highest BCUT2D eigenvalue weighted by Crippen LogP contribution is 2.38. The van der Waals surface area contributed by atoms with Gasteiger partial charge in [-0.3, -0.25) is 19.9 Å². The van der Waals surface area contributed by atoms with Gasteiger partial charge >= 0.3 is 0 Å². The summed E-state index contributed by atoms with van der Waals surface area (Å²) in [5.41, 5.74) is 3.14. The fourth-order valence-corrected chi connectivity index (χ4v) is 4.18. The molecule has 2 N–H and O–H groups in total. The smallest absolute Gasteiger partial charge is 0.259 e. The molecule has 4 aromatic rings. The third-order valence-electron chi connectivity index (χ3n) is 5.50. The quantitative estimate of drug-likeness (QED) is 0.507. The van der Waals surface area contributed by atoms with Crippen molar-refractivity contribution in [3.63, 3.8) is 0 Å². The number of hydrogen-bond acceptors (Lipinski definition) is 4. The number of nitrogens with one attached hydrogen (secondary N) is 1. The van der Waals surface area contributed by atoms with Crippen molar-refractivity contribution in [2.45, 2.75) is 13.0 Å². The number of hydrogen-bond donors (Lipinski definition) is 2. The lowest BCUT2D eigenvalue weighted by atomic mass is 9.93. The third kappa shape index (κ3) is 2.81.